The normalized spacial score (nSPS) is 15.3. The van der Waals surface area contributed by atoms with Crippen LogP contribution < -0.4 is 0 Å². The van der Waals surface area contributed by atoms with Crippen molar-refractivity contribution in [1.82, 2.24) is 0 Å². The number of fused-ring (bicyclic) bond motifs is 2. The first kappa shape index (κ1) is 35.2. The van der Waals surface area contributed by atoms with Gasteiger partial charge in [-0.15, -0.1) is 0 Å². The first-order chi connectivity index (χ1) is 20.5. The highest BCUT2D eigenvalue weighted by Gasteiger charge is 2.31. The number of hydrogen-bond donors (Lipinski definition) is 2. The summed E-state index contributed by atoms with van der Waals surface area (Å²) in [5.74, 6) is 13.6. The number of benzene rings is 2. The Kier molecular flexibility index (Phi) is 16.6. The SMILES string of the molecule is CCCCCCCCCCC#Cc1cc2c(cc1C#CCCCCCCCCCC)C(O)c1cc(I)c(Br)cc1C2O. The van der Waals surface area contributed by atoms with E-state index in [2.05, 4.69) is 76.1 Å². The molecule has 0 aliphatic heterocycles. The number of aliphatic hydroxyl groups is 2. The van der Waals surface area contributed by atoms with E-state index >= 15 is 0 Å². The van der Waals surface area contributed by atoms with Gasteiger partial charge in [0.15, 0.2) is 0 Å². The molecule has 0 saturated carbocycles. The summed E-state index contributed by atoms with van der Waals surface area (Å²) in [6.07, 6.45) is 20.8. The average molecular weight is 746 g/mol. The molecule has 4 heteroatoms. The van der Waals surface area contributed by atoms with Crippen molar-refractivity contribution in [1.29, 1.82) is 0 Å². The zero-order valence-electron chi connectivity index (χ0n) is 25.8. The van der Waals surface area contributed by atoms with Crippen molar-refractivity contribution in [2.75, 3.05) is 0 Å². The summed E-state index contributed by atoms with van der Waals surface area (Å²) in [4.78, 5) is 0. The Balaban J connectivity index is 1.70. The van der Waals surface area contributed by atoms with Gasteiger partial charge in [-0.3, -0.25) is 0 Å². The van der Waals surface area contributed by atoms with E-state index in [0.717, 1.165) is 67.1 Å². The highest BCUT2D eigenvalue weighted by atomic mass is 127. The van der Waals surface area contributed by atoms with Gasteiger partial charge in [-0.1, -0.05) is 127 Å². The van der Waals surface area contributed by atoms with E-state index in [0.29, 0.717) is 0 Å². The standard InChI is InChI=1S/C38H50BrIO2/c1-3-5-7-9-11-13-15-17-19-21-23-29-25-31-32(38(42)34-28-36(40)35(39)27-33(34)37(31)41)26-30(29)24-22-20-18-16-14-12-10-8-6-4-2/h25-28,37-38,41-42H,3-20H2,1-2H3. The first-order valence-corrected chi connectivity index (χ1v) is 18.4. The van der Waals surface area contributed by atoms with Crippen LogP contribution in [-0.2, 0) is 0 Å². The zero-order chi connectivity index (χ0) is 30.2. The third-order valence-electron chi connectivity index (χ3n) is 8.28. The third kappa shape index (κ3) is 11.0. The summed E-state index contributed by atoms with van der Waals surface area (Å²) in [6.45, 7) is 4.52. The molecule has 2 unspecified atom stereocenters. The minimum Gasteiger partial charge on any atom is -0.384 e. The summed E-state index contributed by atoms with van der Waals surface area (Å²) >= 11 is 5.84. The molecule has 0 fully saturated rings. The Morgan fingerprint density at radius 3 is 1.36 bits per heavy atom. The molecule has 2 N–H and O–H groups in total. The lowest BCUT2D eigenvalue weighted by Crippen LogP contribution is -2.19. The second kappa shape index (κ2) is 19.9. The molecular formula is C38H50BrIO2. The predicted octanol–water partition coefficient (Wildman–Crippen LogP) is 11.3. The van der Waals surface area contributed by atoms with Crippen molar-refractivity contribution in [3.05, 3.63) is 65.7 Å². The largest absolute Gasteiger partial charge is 0.384 e. The number of halogens is 2. The lowest BCUT2D eigenvalue weighted by molar-refractivity contribution is 0.173. The fourth-order valence-corrected chi connectivity index (χ4v) is 6.56. The van der Waals surface area contributed by atoms with Crippen LogP contribution in [0.3, 0.4) is 0 Å². The molecule has 0 amide bonds. The van der Waals surface area contributed by atoms with Crippen molar-refractivity contribution >= 4 is 38.5 Å². The molecule has 1 aliphatic rings. The van der Waals surface area contributed by atoms with Crippen LogP contribution >= 0.6 is 38.5 Å². The molecule has 0 radical (unpaired) electrons. The molecule has 228 valence electrons. The predicted molar refractivity (Wildman–Crippen MR) is 190 cm³/mol. The molecule has 0 heterocycles. The summed E-state index contributed by atoms with van der Waals surface area (Å²) in [7, 11) is 0. The van der Waals surface area contributed by atoms with Crippen LogP contribution in [0.25, 0.3) is 0 Å². The molecular weight excluding hydrogens is 695 g/mol. The molecule has 2 aromatic carbocycles. The minimum absolute atomic E-state index is 0.730. The van der Waals surface area contributed by atoms with E-state index in [9.17, 15) is 10.2 Å². The van der Waals surface area contributed by atoms with Gasteiger partial charge < -0.3 is 10.2 Å². The van der Waals surface area contributed by atoms with Gasteiger partial charge in [0.1, 0.15) is 12.2 Å². The van der Waals surface area contributed by atoms with Gasteiger partial charge in [0.2, 0.25) is 0 Å². The molecule has 2 atom stereocenters. The molecule has 42 heavy (non-hydrogen) atoms. The Morgan fingerprint density at radius 1 is 0.571 bits per heavy atom. The Hall–Kier alpha value is -1.31. The highest BCUT2D eigenvalue weighted by molar-refractivity contribution is 14.1. The van der Waals surface area contributed by atoms with E-state index in [1.807, 2.05) is 24.3 Å². The fraction of sp³-hybridized carbons (Fsp3) is 0.579. The van der Waals surface area contributed by atoms with Crippen LogP contribution in [0.5, 0.6) is 0 Å². The van der Waals surface area contributed by atoms with Crippen LogP contribution in [0, 0.1) is 27.3 Å². The average Bonchev–Trinajstić information content (AvgIpc) is 2.99. The minimum atomic E-state index is -0.806. The van der Waals surface area contributed by atoms with E-state index in [4.69, 9.17) is 0 Å². The maximum Gasteiger partial charge on any atom is 0.105 e. The van der Waals surface area contributed by atoms with Crippen molar-refractivity contribution in [3.63, 3.8) is 0 Å². The molecule has 0 aromatic heterocycles. The quantitative estimate of drug-likeness (QED) is 0.102. The van der Waals surface area contributed by atoms with Gasteiger partial charge in [0.25, 0.3) is 0 Å². The van der Waals surface area contributed by atoms with Crippen LogP contribution in [0.2, 0.25) is 0 Å². The second-order valence-corrected chi connectivity index (χ2v) is 13.8. The van der Waals surface area contributed by atoms with Crippen LogP contribution in [0.4, 0.5) is 0 Å². The molecule has 0 spiro atoms. The Labute approximate surface area is 278 Å². The number of unbranched alkanes of at least 4 members (excludes halogenated alkanes) is 16. The summed E-state index contributed by atoms with van der Waals surface area (Å²) in [5, 5.41) is 22.7. The number of rotatable bonds is 16. The van der Waals surface area contributed by atoms with Crippen molar-refractivity contribution in [2.24, 2.45) is 0 Å². The van der Waals surface area contributed by atoms with E-state index in [1.165, 1.54) is 89.9 Å². The third-order valence-corrected chi connectivity index (χ3v) is 10.6. The zero-order valence-corrected chi connectivity index (χ0v) is 29.6. The van der Waals surface area contributed by atoms with Crippen LogP contribution in [0.15, 0.2) is 28.7 Å². The van der Waals surface area contributed by atoms with Crippen molar-refractivity contribution in [2.45, 2.75) is 142 Å². The summed E-state index contributed by atoms with van der Waals surface area (Å²) in [6, 6.07) is 7.84. The molecule has 3 rings (SSSR count). The van der Waals surface area contributed by atoms with Crippen molar-refractivity contribution < 1.29 is 10.2 Å². The smallest absolute Gasteiger partial charge is 0.105 e. The Bertz CT molecular complexity index is 1150. The van der Waals surface area contributed by atoms with E-state index < -0.39 is 12.2 Å². The van der Waals surface area contributed by atoms with Gasteiger partial charge in [-0.25, -0.2) is 0 Å². The van der Waals surface area contributed by atoms with E-state index in [-0.39, 0.29) is 0 Å². The topological polar surface area (TPSA) is 40.5 Å². The van der Waals surface area contributed by atoms with Gasteiger partial charge in [-0.05, 0) is 97.9 Å². The van der Waals surface area contributed by atoms with Gasteiger partial charge in [-0.2, -0.15) is 0 Å². The second-order valence-electron chi connectivity index (χ2n) is 11.8. The van der Waals surface area contributed by atoms with Gasteiger partial charge >= 0.3 is 0 Å². The number of hydrogen-bond acceptors (Lipinski definition) is 2. The first-order valence-electron chi connectivity index (χ1n) is 16.5. The van der Waals surface area contributed by atoms with Crippen LogP contribution in [-0.4, -0.2) is 10.2 Å². The fourth-order valence-electron chi connectivity index (χ4n) is 5.71. The molecule has 2 aromatic rings. The van der Waals surface area contributed by atoms with E-state index in [1.54, 1.807) is 0 Å². The van der Waals surface area contributed by atoms with Crippen LogP contribution in [0.1, 0.15) is 175 Å². The molecule has 2 nitrogen and oxygen atoms in total. The lowest BCUT2D eigenvalue weighted by atomic mass is 9.80. The summed E-state index contributed by atoms with van der Waals surface area (Å²) in [5.41, 5.74) is 4.68. The molecule has 0 saturated heterocycles. The molecule has 0 bridgehead atoms. The summed E-state index contributed by atoms with van der Waals surface area (Å²) < 4.78 is 1.93. The van der Waals surface area contributed by atoms with Gasteiger partial charge in [0, 0.05) is 32.0 Å². The number of aliphatic hydroxyl groups excluding tert-OH is 2. The monoisotopic (exact) mass is 744 g/mol. The Morgan fingerprint density at radius 2 is 0.929 bits per heavy atom. The van der Waals surface area contributed by atoms with Gasteiger partial charge in [0.05, 0.1) is 0 Å². The highest BCUT2D eigenvalue weighted by Crippen LogP contribution is 2.43. The maximum absolute atomic E-state index is 11.4. The van der Waals surface area contributed by atoms with Crippen molar-refractivity contribution in [3.8, 4) is 23.7 Å². The maximum atomic E-state index is 11.4. The molecule has 1 aliphatic carbocycles. The lowest BCUT2D eigenvalue weighted by Gasteiger charge is -2.30.